The van der Waals surface area contributed by atoms with E-state index in [1.165, 1.54) is 12.8 Å². The Hall–Kier alpha value is -1.46. The predicted octanol–water partition coefficient (Wildman–Crippen LogP) is 8.91. The van der Waals surface area contributed by atoms with E-state index in [0.29, 0.717) is 26.4 Å². The Morgan fingerprint density at radius 3 is 1.43 bits per heavy atom. The molecule has 0 aliphatic carbocycles. The smallest absolute Gasteiger partial charge is 0.335 e. The van der Waals surface area contributed by atoms with Crippen LogP contribution in [-0.4, -0.2) is 31.0 Å². The maximum absolute atomic E-state index is 13.2. The highest BCUT2D eigenvalue weighted by molar-refractivity contribution is 7.53. The molecule has 3 aromatic rings. The van der Waals surface area contributed by atoms with Crippen LogP contribution in [0.1, 0.15) is 71.4 Å². The Balaban J connectivity index is 2.07. The minimum atomic E-state index is -3.21. The fraction of sp³-hybridized carbons (Fsp3) is 0.571. The first kappa shape index (κ1) is 30.1. The van der Waals surface area contributed by atoms with Gasteiger partial charge in [0.25, 0.3) is 0 Å². The van der Waals surface area contributed by atoms with Crippen LogP contribution in [0, 0.1) is 0 Å². The van der Waals surface area contributed by atoms with Gasteiger partial charge in [-0.2, -0.15) is 0 Å². The molecule has 1 aromatic heterocycles. The quantitative estimate of drug-likeness (QED) is 0.123. The lowest BCUT2D eigenvalue weighted by molar-refractivity contribution is 0.218. The van der Waals surface area contributed by atoms with Crippen LogP contribution in [0.3, 0.4) is 0 Å². The summed E-state index contributed by atoms with van der Waals surface area (Å²) in [6.07, 6.45) is 5.07. The average molecular weight is 552 g/mol. The first-order valence-electron chi connectivity index (χ1n) is 13.6. The van der Waals surface area contributed by atoms with Crippen LogP contribution in [0.25, 0.3) is 21.8 Å². The standard InChI is InChI=1S/C28H43NO6P2/c1-6-11-12-13-18-29-27-19-23(21-36(30,32-7-2)33-8-3)14-16-25(27)26-17-15-24(20-28(26)29)22-37(31,34-9-4)35-10-5/h14-17,19-20H,6-13,18,21-22H2,1-5H3. The third-order valence-electron chi connectivity index (χ3n) is 6.29. The third kappa shape index (κ3) is 7.79. The van der Waals surface area contributed by atoms with E-state index in [1.54, 1.807) is 0 Å². The van der Waals surface area contributed by atoms with Crippen molar-refractivity contribution in [3.63, 3.8) is 0 Å². The molecule has 37 heavy (non-hydrogen) atoms. The van der Waals surface area contributed by atoms with Crippen molar-refractivity contribution in [1.29, 1.82) is 0 Å². The summed E-state index contributed by atoms with van der Waals surface area (Å²) in [5.74, 6) is 0. The fourth-order valence-electron chi connectivity index (χ4n) is 4.81. The second-order valence-electron chi connectivity index (χ2n) is 9.12. The van der Waals surface area contributed by atoms with Crippen LogP contribution in [0.15, 0.2) is 36.4 Å². The predicted molar refractivity (Wildman–Crippen MR) is 153 cm³/mol. The molecule has 0 unspecified atom stereocenters. The minimum Gasteiger partial charge on any atom is -0.340 e. The van der Waals surface area contributed by atoms with Gasteiger partial charge in [-0.15, -0.1) is 0 Å². The highest BCUT2D eigenvalue weighted by Gasteiger charge is 2.26. The molecule has 0 aliphatic heterocycles. The SMILES string of the molecule is CCCCCCn1c2cc(CP(=O)(OCC)OCC)ccc2c2ccc(CP(=O)(OCC)OCC)cc21. The lowest BCUT2D eigenvalue weighted by atomic mass is 10.1. The van der Waals surface area contributed by atoms with Crippen molar-refractivity contribution in [1.82, 2.24) is 4.57 Å². The number of fused-ring (bicyclic) bond motifs is 3. The topological polar surface area (TPSA) is 76.0 Å². The summed E-state index contributed by atoms with van der Waals surface area (Å²) in [5, 5.41) is 2.28. The van der Waals surface area contributed by atoms with E-state index in [1.807, 2.05) is 39.8 Å². The molecule has 0 saturated heterocycles. The molecular weight excluding hydrogens is 508 g/mol. The van der Waals surface area contributed by atoms with Crippen LogP contribution in [0.4, 0.5) is 0 Å². The maximum Gasteiger partial charge on any atom is 0.335 e. The van der Waals surface area contributed by atoms with Crippen molar-refractivity contribution >= 4 is 37.0 Å². The molecular formula is C28H43NO6P2. The monoisotopic (exact) mass is 551 g/mol. The van der Waals surface area contributed by atoms with E-state index >= 15 is 0 Å². The van der Waals surface area contributed by atoms with Crippen LogP contribution in [-0.2, 0) is 46.1 Å². The molecule has 0 amide bonds. The van der Waals surface area contributed by atoms with Crippen molar-refractivity contribution in [3.8, 4) is 0 Å². The molecule has 3 rings (SSSR count). The fourth-order valence-corrected chi connectivity index (χ4v) is 8.19. The molecule has 0 saturated carbocycles. The first-order valence-corrected chi connectivity index (χ1v) is 17.1. The molecule has 0 spiro atoms. The summed E-state index contributed by atoms with van der Waals surface area (Å²) < 4.78 is 50.9. The van der Waals surface area contributed by atoms with Gasteiger partial charge >= 0.3 is 15.2 Å². The Kier molecular flexibility index (Phi) is 11.4. The first-order chi connectivity index (χ1) is 17.8. The van der Waals surface area contributed by atoms with E-state index in [-0.39, 0.29) is 12.3 Å². The minimum absolute atomic E-state index is 0.235. The van der Waals surface area contributed by atoms with E-state index in [2.05, 4.69) is 35.8 Å². The molecule has 0 N–H and O–H groups in total. The van der Waals surface area contributed by atoms with E-state index < -0.39 is 15.2 Å². The Morgan fingerprint density at radius 1 is 0.622 bits per heavy atom. The second-order valence-corrected chi connectivity index (χ2v) is 13.2. The van der Waals surface area contributed by atoms with Crippen LogP contribution in [0.2, 0.25) is 0 Å². The molecule has 7 nitrogen and oxygen atoms in total. The molecule has 0 bridgehead atoms. The average Bonchev–Trinajstić information content (AvgIpc) is 3.14. The number of hydrogen-bond acceptors (Lipinski definition) is 6. The highest BCUT2D eigenvalue weighted by Crippen LogP contribution is 2.52. The second kappa shape index (κ2) is 14.1. The van der Waals surface area contributed by atoms with Gasteiger partial charge in [-0.05, 0) is 57.4 Å². The number of aromatic nitrogens is 1. The molecule has 0 fully saturated rings. The number of rotatable bonds is 17. The normalized spacial score (nSPS) is 12.7. The highest BCUT2D eigenvalue weighted by atomic mass is 31.2. The van der Waals surface area contributed by atoms with Crippen molar-refractivity contribution in [2.24, 2.45) is 0 Å². The van der Waals surface area contributed by atoms with Gasteiger partial charge in [0.15, 0.2) is 0 Å². The maximum atomic E-state index is 13.2. The zero-order valence-electron chi connectivity index (χ0n) is 23.0. The van der Waals surface area contributed by atoms with Gasteiger partial charge in [0.2, 0.25) is 0 Å². The van der Waals surface area contributed by atoms with Crippen LogP contribution < -0.4 is 0 Å². The van der Waals surface area contributed by atoms with Gasteiger partial charge in [-0.3, -0.25) is 9.13 Å². The van der Waals surface area contributed by atoms with E-state index in [9.17, 15) is 9.13 Å². The summed E-state index contributed by atoms with van der Waals surface area (Å²) >= 11 is 0. The van der Waals surface area contributed by atoms with Gasteiger partial charge in [0.1, 0.15) is 0 Å². The number of nitrogens with zero attached hydrogens (tertiary/aromatic N) is 1. The molecule has 0 atom stereocenters. The molecule has 1 heterocycles. The molecule has 206 valence electrons. The van der Waals surface area contributed by atoms with Crippen molar-refractivity contribution in [3.05, 3.63) is 47.5 Å². The lowest BCUT2D eigenvalue weighted by Crippen LogP contribution is -2.01. The summed E-state index contributed by atoms with van der Waals surface area (Å²) in [7, 11) is -6.42. The summed E-state index contributed by atoms with van der Waals surface area (Å²) in [6, 6.07) is 12.5. The number of hydrogen-bond donors (Lipinski definition) is 0. The molecule has 9 heteroatoms. The van der Waals surface area contributed by atoms with Crippen molar-refractivity contribution in [2.45, 2.75) is 79.2 Å². The summed E-state index contributed by atoms with van der Waals surface area (Å²) in [6.45, 7) is 11.8. The van der Waals surface area contributed by atoms with Gasteiger partial charge < -0.3 is 22.7 Å². The van der Waals surface area contributed by atoms with Crippen molar-refractivity contribution in [2.75, 3.05) is 26.4 Å². The Labute approximate surface area is 221 Å². The van der Waals surface area contributed by atoms with Crippen molar-refractivity contribution < 1.29 is 27.2 Å². The van der Waals surface area contributed by atoms with Crippen LogP contribution >= 0.6 is 15.2 Å². The largest absolute Gasteiger partial charge is 0.340 e. The Bertz CT molecular complexity index is 1150. The molecule has 0 radical (unpaired) electrons. The zero-order chi connectivity index (χ0) is 26.9. The van der Waals surface area contributed by atoms with Gasteiger partial charge in [-0.25, -0.2) is 0 Å². The number of unbranched alkanes of at least 4 members (excludes halogenated alkanes) is 3. The zero-order valence-corrected chi connectivity index (χ0v) is 24.8. The van der Waals surface area contributed by atoms with Gasteiger partial charge in [0.05, 0.1) is 38.8 Å². The molecule has 0 aliphatic rings. The van der Waals surface area contributed by atoms with Gasteiger partial charge in [-0.1, -0.05) is 50.5 Å². The van der Waals surface area contributed by atoms with E-state index in [0.717, 1.165) is 52.3 Å². The lowest BCUT2D eigenvalue weighted by Gasteiger charge is -2.17. The summed E-state index contributed by atoms with van der Waals surface area (Å²) in [5.41, 5.74) is 4.04. The Morgan fingerprint density at radius 2 is 1.05 bits per heavy atom. The van der Waals surface area contributed by atoms with E-state index in [4.69, 9.17) is 18.1 Å². The number of benzene rings is 2. The van der Waals surface area contributed by atoms with Gasteiger partial charge in [0, 0.05) is 28.4 Å². The molecule has 2 aromatic carbocycles. The van der Waals surface area contributed by atoms with Crippen LogP contribution in [0.5, 0.6) is 0 Å². The third-order valence-corrected chi connectivity index (χ3v) is 10.4. The summed E-state index contributed by atoms with van der Waals surface area (Å²) in [4.78, 5) is 0. The number of aryl methyl sites for hydroxylation is 1.